The molecule has 98 valence electrons. The summed E-state index contributed by atoms with van der Waals surface area (Å²) >= 11 is 14.7. The first-order valence-electron chi connectivity index (χ1n) is 5.02. The molecule has 0 aliphatic carbocycles. The SMILES string of the molecule is O=C1CC(CBr)CN1c1c(Cl)c(F)nc(F)c1Cl. The second-order valence-corrected chi connectivity index (χ2v) is 5.30. The van der Waals surface area contributed by atoms with Gasteiger partial charge in [0.25, 0.3) is 0 Å². The van der Waals surface area contributed by atoms with E-state index in [9.17, 15) is 13.6 Å². The predicted molar refractivity (Wildman–Crippen MR) is 68.4 cm³/mol. The molecule has 1 aromatic rings. The summed E-state index contributed by atoms with van der Waals surface area (Å²) in [5.74, 6) is -2.57. The molecule has 1 aromatic heterocycles. The molecule has 2 rings (SSSR count). The molecule has 1 saturated heterocycles. The van der Waals surface area contributed by atoms with Gasteiger partial charge in [-0.15, -0.1) is 0 Å². The Kier molecular flexibility index (Phi) is 4.08. The molecule has 18 heavy (non-hydrogen) atoms. The average molecular weight is 360 g/mol. The lowest BCUT2D eigenvalue weighted by Crippen LogP contribution is -2.26. The van der Waals surface area contributed by atoms with Crippen molar-refractivity contribution in [2.75, 3.05) is 16.8 Å². The second kappa shape index (κ2) is 5.27. The van der Waals surface area contributed by atoms with E-state index in [1.807, 2.05) is 0 Å². The number of pyridine rings is 1. The zero-order valence-corrected chi connectivity index (χ0v) is 12.0. The van der Waals surface area contributed by atoms with Gasteiger partial charge >= 0.3 is 0 Å². The fraction of sp³-hybridized carbons (Fsp3) is 0.400. The number of hydrogen-bond donors (Lipinski definition) is 0. The van der Waals surface area contributed by atoms with Crippen LogP contribution < -0.4 is 4.90 Å². The molecule has 0 N–H and O–H groups in total. The summed E-state index contributed by atoms with van der Waals surface area (Å²) in [4.78, 5) is 15.9. The van der Waals surface area contributed by atoms with Crippen LogP contribution in [0.3, 0.4) is 0 Å². The Morgan fingerprint density at radius 1 is 1.33 bits per heavy atom. The number of alkyl halides is 1. The molecule has 3 nitrogen and oxygen atoms in total. The van der Waals surface area contributed by atoms with E-state index in [1.165, 1.54) is 4.90 Å². The first kappa shape index (κ1) is 14.0. The van der Waals surface area contributed by atoms with Gasteiger partial charge in [0.05, 0.1) is 5.69 Å². The van der Waals surface area contributed by atoms with Crippen molar-refractivity contribution in [3.8, 4) is 0 Å². The van der Waals surface area contributed by atoms with Crippen molar-refractivity contribution in [3.05, 3.63) is 21.9 Å². The molecule has 1 amide bonds. The quantitative estimate of drug-likeness (QED) is 0.598. The van der Waals surface area contributed by atoms with Gasteiger partial charge < -0.3 is 4.90 Å². The molecular formula is C10H7BrCl2F2N2O. The largest absolute Gasteiger partial charge is 0.309 e. The highest BCUT2D eigenvalue weighted by molar-refractivity contribution is 9.09. The van der Waals surface area contributed by atoms with Crippen LogP contribution in [0, 0.1) is 17.8 Å². The lowest BCUT2D eigenvalue weighted by atomic mass is 10.2. The fourth-order valence-electron chi connectivity index (χ4n) is 1.81. The Balaban J connectivity index is 2.48. The summed E-state index contributed by atoms with van der Waals surface area (Å²) in [7, 11) is 0. The third kappa shape index (κ3) is 2.33. The second-order valence-electron chi connectivity index (χ2n) is 3.90. The van der Waals surface area contributed by atoms with Crippen molar-refractivity contribution in [1.29, 1.82) is 0 Å². The van der Waals surface area contributed by atoms with Crippen molar-refractivity contribution in [2.45, 2.75) is 6.42 Å². The van der Waals surface area contributed by atoms with Gasteiger partial charge in [0.1, 0.15) is 10.0 Å². The number of carbonyl (C=O) groups excluding carboxylic acids is 1. The highest BCUT2D eigenvalue weighted by atomic mass is 79.9. The summed E-state index contributed by atoms with van der Waals surface area (Å²) in [5.41, 5.74) is -0.142. The predicted octanol–water partition coefficient (Wildman–Crippen LogP) is 3.41. The van der Waals surface area contributed by atoms with Crippen molar-refractivity contribution < 1.29 is 13.6 Å². The van der Waals surface area contributed by atoms with Gasteiger partial charge in [-0.3, -0.25) is 4.79 Å². The molecule has 0 aromatic carbocycles. The zero-order chi connectivity index (χ0) is 13.4. The number of anilines is 1. The van der Waals surface area contributed by atoms with Crippen LogP contribution in [0.5, 0.6) is 0 Å². The maximum Gasteiger partial charge on any atom is 0.236 e. The number of rotatable bonds is 2. The first-order chi connectivity index (χ1) is 8.45. The van der Waals surface area contributed by atoms with Crippen LogP contribution in [0.15, 0.2) is 0 Å². The van der Waals surface area contributed by atoms with Crippen LogP contribution in [0.1, 0.15) is 6.42 Å². The monoisotopic (exact) mass is 358 g/mol. The standard InChI is InChI=1S/C10H7BrCl2F2N2O/c11-2-4-1-5(18)17(3-4)8-6(12)9(14)16-10(15)7(8)13/h4H,1-3H2. The Labute approximate surface area is 120 Å². The summed E-state index contributed by atoms with van der Waals surface area (Å²) in [5, 5.41) is -0.268. The molecule has 1 atom stereocenters. The summed E-state index contributed by atoms with van der Waals surface area (Å²) in [6.45, 7) is 0.312. The molecule has 2 heterocycles. The smallest absolute Gasteiger partial charge is 0.236 e. The zero-order valence-electron chi connectivity index (χ0n) is 8.89. The van der Waals surface area contributed by atoms with Crippen LogP contribution >= 0.6 is 39.1 Å². The van der Waals surface area contributed by atoms with Crippen molar-refractivity contribution >= 4 is 50.7 Å². The summed E-state index contributed by atoms with van der Waals surface area (Å²) in [6, 6.07) is 0. The van der Waals surface area contributed by atoms with Gasteiger partial charge in [-0.05, 0) is 5.92 Å². The normalized spacial score (nSPS) is 19.7. The van der Waals surface area contributed by atoms with E-state index in [4.69, 9.17) is 23.2 Å². The number of halogens is 5. The maximum atomic E-state index is 13.3. The first-order valence-corrected chi connectivity index (χ1v) is 6.89. The van der Waals surface area contributed by atoms with Crippen molar-refractivity contribution in [3.63, 3.8) is 0 Å². The van der Waals surface area contributed by atoms with Gasteiger partial charge in [-0.2, -0.15) is 13.8 Å². The number of carbonyl (C=O) groups is 1. The Hall–Kier alpha value is -0.460. The fourth-order valence-corrected chi connectivity index (χ4v) is 2.77. The average Bonchev–Trinajstić information content (AvgIpc) is 2.69. The van der Waals surface area contributed by atoms with Crippen LogP contribution in [0.2, 0.25) is 10.0 Å². The molecule has 1 aliphatic heterocycles. The molecule has 0 spiro atoms. The molecule has 1 aliphatic rings. The Morgan fingerprint density at radius 2 is 1.89 bits per heavy atom. The molecule has 1 unspecified atom stereocenters. The van der Waals surface area contributed by atoms with E-state index in [1.54, 1.807) is 0 Å². The van der Waals surface area contributed by atoms with Gasteiger partial charge in [-0.1, -0.05) is 39.1 Å². The molecule has 1 fully saturated rings. The van der Waals surface area contributed by atoms with Crippen LogP contribution in [-0.2, 0) is 4.79 Å². The minimum atomic E-state index is -1.18. The number of amides is 1. The van der Waals surface area contributed by atoms with E-state index in [2.05, 4.69) is 20.9 Å². The van der Waals surface area contributed by atoms with E-state index in [0.29, 0.717) is 11.9 Å². The Bertz CT molecular complexity index is 489. The molecular weight excluding hydrogens is 353 g/mol. The van der Waals surface area contributed by atoms with Crippen LogP contribution in [0.4, 0.5) is 14.5 Å². The highest BCUT2D eigenvalue weighted by Gasteiger charge is 2.34. The minimum absolute atomic E-state index is 0.0592. The van der Waals surface area contributed by atoms with E-state index >= 15 is 0 Å². The number of hydrogen-bond acceptors (Lipinski definition) is 2. The minimum Gasteiger partial charge on any atom is -0.309 e. The van der Waals surface area contributed by atoms with E-state index in [-0.39, 0.29) is 23.9 Å². The lowest BCUT2D eigenvalue weighted by molar-refractivity contribution is -0.117. The summed E-state index contributed by atoms with van der Waals surface area (Å²) in [6.07, 6.45) is 0.281. The van der Waals surface area contributed by atoms with Gasteiger partial charge in [0, 0.05) is 18.3 Å². The topological polar surface area (TPSA) is 33.2 Å². The van der Waals surface area contributed by atoms with Crippen molar-refractivity contribution in [2.24, 2.45) is 5.92 Å². The highest BCUT2D eigenvalue weighted by Crippen LogP contribution is 2.39. The van der Waals surface area contributed by atoms with E-state index in [0.717, 1.165) is 0 Å². The lowest BCUT2D eigenvalue weighted by Gasteiger charge is -2.19. The summed E-state index contributed by atoms with van der Waals surface area (Å²) < 4.78 is 26.6. The Morgan fingerprint density at radius 3 is 2.33 bits per heavy atom. The van der Waals surface area contributed by atoms with Gasteiger partial charge in [0.15, 0.2) is 0 Å². The van der Waals surface area contributed by atoms with E-state index < -0.39 is 21.9 Å². The third-order valence-electron chi connectivity index (χ3n) is 2.67. The van der Waals surface area contributed by atoms with Gasteiger partial charge in [0.2, 0.25) is 17.8 Å². The number of nitrogens with zero attached hydrogens (tertiary/aromatic N) is 2. The van der Waals surface area contributed by atoms with Crippen molar-refractivity contribution in [1.82, 2.24) is 4.98 Å². The van der Waals surface area contributed by atoms with Crippen LogP contribution in [0.25, 0.3) is 0 Å². The molecule has 0 radical (unpaired) electrons. The molecule has 0 bridgehead atoms. The van der Waals surface area contributed by atoms with Crippen LogP contribution in [-0.4, -0.2) is 22.8 Å². The third-order valence-corrected chi connectivity index (χ3v) is 4.25. The molecule has 8 heteroatoms. The maximum absolute atomic E-state index is 13.3. The number of aromatic nitrogens is 1. The van der Waals surface area contributed by atoms with Gasteiger partial charge in [-0.25, -0.2) is 0 Å². The molecule has 0 saturated carbocycles.